The molecule has 3 nitrogen and oxygen atoms in total. The Bertz CT molecular complexity index is 660. The molecular weight excluding hydrogens is 369 g/mol. The van der Waals surface area contributed by atoms with E-state index in [1.807, 2.05) is 6.92 Å². The smallest absolute Gasteiger partial charge is 0.392 e. The minimum atomic E-state index is -4.48. The monoisotopic (exact) mass is 402 g/mol. The molecule has 0 aromatic carbocycles. The zero-order valence-electron chi connectivity index (χ0n) is 17.5. The van der Waals surface area contributed by atoms with Gasteiger partial charge in [-0.3, -0.25) is 4.79 Å². The van der Waals surface area contributed by atoms with Gasteiger partial charge in [-0.1, -0.05) is 26.8 Å². The Morgan fingerprint density at radius 3 is 2.36 bits per heavy atom. The van der Waals surface area contributed by atoms with Gasteiger partial charge in [0.05, 0.1) is 12.2 Å². The average molecular weight is 402 g/mol. The van der Waals surface area contributed by atoms with Crippen molar-refractivity contribution >= 4 is 5.78 Å². The summed E-state index contributed by atoms with van der Waals surface area (Å²) in [7, 11) is 1.68. The van der Waals surface area contributed by atoms with Crippen molar-refractivity contribution in [2.45, 2.75) is 78.2 Å². The van der Waals surface area contributed by atoms with Crippen molar-refractivity contribution in [3.63, 3.8) is 0 Å². The van der Waals surface area contributed by atoms with Crippen LogP contribution in [0.4, 0.5) is 13.2 Å². The number of hydrogen-bond donors (Lipinski definition) is 1. The topological polar surface area (TPSA) is 46.5 Å². The van der Waals surface area contributed by atoms with Crippen molar-refractivity contribution in [2.24, 2.45) is 34.0 Å². The van der Waals surface area contributed by atoms with Gasteiger partial charge in [-0.15, -0.1) is 0 Å². The summed E-state index contributed by atoms with van der Waals surface area (Å²) >= 11 is 0. The van der Waals surface area contributed by atoms with Crippen LogP contribution in [0, 0.1) is 34.0 Å². The number of carbonyl (C=O) groups excluding carboxylic acids is 1. The van der Waals surface area contributed by atoms with Crippen molar-refractivity contribution in [1.29, 1.82) is 0 Å². The van der Waals surface area contributed by atoms with E-state index in [4.69, 9.17) is 4.74 Å². The van der Waals surface area contributed by atoms with Crippen molar-refractivity contribution in [3.05, 3.63) is 12.2 Å². The van der Waals surface area contributed by atoms with Gasteiger partial charge in [0.2, 0.25) is 0 Å². The van der Waals surface area contributed by atoms with E-state index in [-0.39, 0.29) is 47.6 Å². The first-order valence-corrected chi connectivity index (χ1v) is 10.3. The maximum absolute atomic E-state index is 13.5. The number of aliphatic hydroxyl groups is 1. The molecule has 0 aromatic heterocycles. The van der Waals surface area contributed by atoms with Gasteiger partial charge >= 0.3 is 6.18 Å². The quantitative estimate of drug-likeness (QED) is 0.667. The Hall–Kier alpha value is -0.880. The summed E-state index contributed by atoms with van der Waals surface area (Å²) in [6.45, 7) is 7.63. The molecule has 0 spiro atoms. The lowest BCUT2D eigenvalue weighted by molar-refractivity contribution is -0.188. The molecule has 3 saturated carbocycles. The molecule has 160 valence electrons. The van der Waals surface area contributed by atoms with Crippen molar-refractivity contribution < 1.29 is 27.8 Å². The minimum Gasteiger partial charge on any atom is -0.392 e. The number of ether oxygens (including phenoxy) is 1. The molecule has 3 fully saturated rings. The predicted octanol–water partition coefficient (Wildman–Crippen LogP) is 4.93. The Balaban J connectivity index is 2.15. The van der Waals surface area contributed by atoms with E-state index in [0.717, 1.165) is 31.8 Å². The molecule has 0 amide bonds. The highest BCUT2D eigenvalue weighted by Crippen LogP contribution is 2.68. The van der Waals surface area contributed by atoms with Crippen molar-refractivity contribution in [2.75, 3.05) is 7.11 Å². The molecule has 0 heterocycles. The van der Waals surface area contributed by atoms with Gasteiger partial charge in [0.15, 0.2) is 0 Å². The fourth-order valence-corrected chi connectivity index (χ4v) is 6.90. The third-order valence-corrected chi connectivity index (χ3v) is 8.76. The number of aliphatic hydroxyl groups excluding tert-OH is 1. The number of allylic oxidation sites excluding steroid dienone is 2. The second-order valence-electron chi connectivity index (χ2n) is 9.93. The molecule has 0 aromatic rings. The van der Waals surface area contributed by atoms with Crippen LogP contribution in [-0.2, 0) is 9.53 Å². The van der Waals surface area contributed by atoms with Crippen LogP contribution in [0.3, 0.4) is 0 Å². The minimum absolute atomic E-state index is 0.00656. The van der Waals surface area contributed by atoms with E-state index < -0.39 is 23.1 Å². The summed E-state index contributed by atoms with van der Waals surface area (Å²) in [5, 5.41) is 11.4. The van der Waals surface area contributed by atoms with Crippen LogP contribution in [-0.4, -0.2) is 36.4 Å². The van der Waals surface area contributed by atoms with Crippen LogP contribution in [0.5, 0.6) is 0 Å². The van der Waals surface area contributed by atoms with Gasteiger partial charge < -0.3 is 9.84 Å². The summed E-state index contributed by atoms with van der Waals surface area (Å²) in [5.41, 5.74) is -2.17. The summed E-state index contributed by atoms with van der Waals surface area (Å²) in [5.74, 6) is -0.336. The van der Waals surface area contributed by atoms with Crippen LogP contribution in [0.2, 0.25) is 0 Å². The number of ketones is 1. The number of rotatable bonds is 2. The van der Waals surface area contributed by atoms with Crippen LogP contribution < -0.4 is 0 Å². The van der Waals surface area contributed by atoms with E-state index in [9.17, 15) is 23.1 Å². The summed E-state index contributed by atoms with van der Waals surface area (Å²) < 4.78 is 44.5. The fraction of sp³-hybridized carbons (Fsp3) is 0.864. The average Bonchev–Trinajstić information content (AvgIpc) is 3.01. The molecule has 6 heteroatoms. The normalized spacial score (nSPS) is 49.8. The lowest BCUT2D eigenvalue weighted by Crippen LogP contribution is -2.62. The van der Waals surface area contributed by atoms with Crippen molar-refractivity contribution in [1.82, 2.24) is 0 Å². The third kappa shape index (κ3) is 3.06. The molecule has 3 aliphatic rings. The van der Waals surface area contributed by atoms with E-state index in [2.05, 4.69) is 13.8 Å². The Morgan fingerprint density at radius 2 is 1.79 bits per heavy atom. The first kappa shape index (κ1) is 21.8. The number of alkyl halides is 3. The predicted molar refractivity (Wildman–Crippen MR) is 101 cm³/mol. The van der Waals surface area contributed by atoms with Crippen LogP contribution in [0.1, 0.15) is 59.8 Å². The highest BCUT2D eigenvalue weighted by molar-refractivity contribution is 5.89. The van der Waals surface area contributed by atoms with E-state index >= 15 is 0 Å². The summed E-state index contributed by atoms with van der Waals surface area (Å²) in [4.78, 5) is 13.5. The molecule has 0 aliphatic heterocycles. The number of Topliss-reactive ketones (excluding diaryl/α,β-unsaturated/α-hetero) is 1. The zero-order valence-corrected chi connectivity index (χ0v) is 17.5. The van der Waals surface area contributed by atoms with Gasteiger partial charge in [-0.25, -0.2) is 0 Å². The SMILES string of the molecule is COC1CCC23CC[C@@H](C)[C@](C)(C12)[C@H](O)C[C@@](C)(C=CC(F)(F)F)C(=O)[C@@H]3C. The largest absolute Gasteiger partial charge is 0.409 e. The van der Waals surface area contributed by atoms with Crippen LogP contribution >= 0.6 is 0 Å². The molecule has 2 bridgehead atoms. The van der Waals surface area contributed by atoms with Gasteiger partial charge in [-0.2, -0.15) is 13.2 Å². The highest BCUT2D eigenvalue weighted by atomic mass is 19.4. The molecule has 0 radical (unpaired) electrons. The van der Waals surface area contributed by atoms with Crippen LogP contribution in [0.25, 0.3) is 0 Å². The molecule has 1 N–H and O–H groups in total. The second-order valence-corrected chi connectivity index (χ2v) is 9.93. The zero-order chi connectivity index (χ0) is 21.1. The number of methoxy groups -OCH3 is 1. The molecule has 8 atom stereocenters. The first-order valence-electron chi connectivity index (χ1n) is 10.3. The number of carbonyl (C=O) groups is 1. The molecule has 3 aliphatic carbocycles. The Kier molecular flexibility index (Phi) is 5.32. The molecule has 3 unspecified atom stereocenters. The maximum Gasteiger partial charge on any atom is 0.409 e. The highest BCUT2D eigenvalue weighted by Gasteiger charge is 2.67. The number of halogens is 3. The Labute approximate surface area is 165 Å². The van der Waals surface area contributed by atoms with Gasteiger partial charge in [0, 0.05) is 29.9 Å². The van der Waals surface area contributed by atoms with Gasteiger partial charge in [0.25, 0.3) is 0 Å². The van der Waals surface area contributed by atoms with Gasteiger partial charge in [-0.05, 0) is 56.3 Å². The molecule has 28 heavy (non-hydrogen) atoms. The number of hydrogen-bond acceptors (Lipinski definition) is 3. The summed E-state index contributed by atoms with van der Waals surface area (Å²) in [6, 6.07) is 0. The fourth-order valence-electron chi connectivity index (χ4n) is 6.90. The first-order chi connectivity index (χ1) is 12.8. The third-order valence-electron chi connectivity index (χ3n) is 8.76. The van der Waals surface area contributed by atoms with E-state index in [1.165, 1.54) is 0 Å². The Morgan fingerprint density at radius 1 is 1.18 bits per heavy atom. The van der Waals surface area contributed by atoms with Crippen LogP contribution in [0.15, 0.2) is 12.2 Å². The van der Waals surface area contributed by atoms with Crippen molar-refractivity contribution in [3.8, 4) is 0 Å². The lowest BCUT2D eigenvalue weighted by atomic mass is 9.44. The maximum atomic E-state index is 13.5. The lowest BCUT2D eigenvalue weighted by Gasteiger charge is -2.61. The van der Waals surface area contributed by atoms with E-state index in [1.54, 1.807) is 14.0 Å². The second kappa shape index (κ2) is 6.83. The molecule has 0 saturated heterocycles. The summed E-state index contributed by atoms with van der Waals surface area (Å²) in [6.07, 6.45) is -0.835. The standard InChI is InChI=1S/C22H33F3O3/c1-13-6-8-21-9-7-15(28-5)17(21)20(13,4)16(26)12-19(3,18(27)14(21)2)10-11-22(23,24)25/h10-11,13-17,26H,6-9,12H2,1-5H3/t13-,14+,15?,16-,17?,19-,20+,21?/m1/s1. The van der Waals surface area contributed by atoms with E-state index in [0.29, 0.717) is 0 Å². The molecular formula is C22H33F3O3. The van der Waals surface area contributed by atoms with Gasteiger partial charge in [0.1, 0.15) is 5.78 Å². The molecule has 3 rings (SSSR count).